The number of benzene rings is 2. The topological polar surface area (TPSA) is 61.0 Å². The quantitative estimate of drug-likeness (QED) is 0.523. The third-order valence-electron chi connectivity index (χ3n) is 4.26. The van der Waals surface area contributed by atoms with Crippen LogP contribution < -0.4 is 4.74 Å². The molecule has 2 aromatic heterocycles. The lowest BCUT2D eigenvalue weighted by Gasteiger charge is -2.09. The van der Waals surface area contributed by atoms with Crippen LogP contribution in [0.15, 0.2) is 53.1 Å². The number of hydrogen-bond donors (Lipinski definition) is 0. The van der Waals surface area contributed by atoms with E-state index < -0.39 is 0 Å². The van der Waals surface area contributed by atoms with Gasteiger partial charge in [-0.3, -0.25) is 0 Å². The van der Waals surface area contributed by atoms with E-state index in [0.29, 0.717) is 24.2 Å². The van der Waals surface area contributed by atoms with E-state index in [1.807, 2.05) is 69.3 Å². The van der Waals surface area contributed by atoms with Gasteiger partial charge in [0, 0.05) is 10.9 Å². The van der Waals surface area contributed by atoms with Crippen LogP contribution in [0.4, 0.5) is 0 Å². The molecule has 0 radical (unpaired) electrons. The Bertz CT molecular complexity index is 1070. The zero-order valence-corrected chi connectivity index (χ0v) is 15.0. The van der Waals surface area contributed by atoms with Crippen LogP contribution in [0.2, 0.25) is 0 Å². The van der Waals surface area contributed by atoms with Crippen molar-refractivity contribution in [3.63, 3.8) is 0 Å². The van der Waals surface area contributed by atoms with Crippen LogP contribution in [-0.2, 0) is 0 Å². The molecule has 0 bridgehead atoms. The van der Waals surface area contributed by atoms with Gasteiger partial charge in [-0.15, -0.1) is 0 Å². The van der Waals surface area contributed by atoms with Gasteiger partial charge in [0.1, 0.15) is 0 Å². The van der Waals surface area contributed by atoms with Crippen LogP contribution in [0.1, 0.15) is 18.1 Å². The molecular weight excluding hydrogens is 326 g/mol. The second-order valence-corrected chi connectivity index (χ2v) is 6.21. The monoisotopic (exact) mass is 345 g/mol. The van der Waals surface area contributed by atoms with Gasteiger partial charge in [0.25, 0.3) is 5.89 Å². The highest BCUT2D eigenvalue weighted by molar-refractivity contribution is 5.87. The minimum absolute atomic E-state index is 0.472. The lowest BCUT2D eigenvalue weighted by Crippen LogP contribution is -1.99. The third kappa shape index (κ3) is 2.92. The summed E-state index contributed by atoms with van der Waals surface area (Å²) in [5.74, 6) is 1.47. The number of ether oxygens (including phenoxy) is 1. The van der Waals surface area contributed by atoms with E-state index >= 15 is 0 Å². The molecule has 0 aliphatic heterocycles. The molecular formula is C21H19N3O2. The zero-order chi connectivity index (χ0) is 18.1. The highest BCUT2D eigenvalue weighted by atomic mass is 16.5. The van der Waals surface area contributed by atoms with Crippen molar-refractivity contribution in [2.24, 2.45) is 0 Å². The summed E-state index contributed by atoms with van der Waals surface area (Å²) >= 11 is 0. The molecule has 0 saturated carbocycles. The van der Waals surface area contributed by atoms with Crippen LogP contribution in [-0.4, -0.2) is 21.7 Å². The van der Waals surface area contributed by atoms with Crippen LogP contribution in [0.5, 0.6) is 5.88 Å². The van der Waals surface area contributed by atoms with Gasteiger partial charge in [0.2, 0.25) is 11.7 Å². The van der Waals surface area contributed by atoms with Gasteiger partial charge in [-0.1, -0.05) is 41.1 Å². The molecule has 0 aliphatic carbocycles. The highest BCUT2D eigenvalue weighted by Crippen LogP contribution is 2.32. The van der Waals surface area contributed by atoms with Gasteiger partial charge < -0.3 is 9.26 Å². The minimum atomic E-state index is 0.472. The number of para-hydroxylation sites is 1. The summed E-state index contributed by atoms with van der Waals surface area (Å²) in [5, 5.41) is 5.17. The Kier molecular flexibility index (Phi) is 4.13. The SMILES string of the molecule is CCOc1nc2c(C)cccc2cc1-c1noc(-c2ccc(C)cc2)n1. The Morgan fingerprint density at radius 1 is 1.00 bits per heavy atom. The largest absolute Gasteiger partial charge is 0.477 e. The molecule has 0 fully saturated rings. The van der Waals surface area contributed by atoms with Crippen LogP contribution in [0, 0.1) is 13.8 Å². The van der Waals surface area contributed by atoms with Gasteiger partial charge in [-0.2, -0.15) is 4.98 Å². The van der Waals surface area contributed by atoms with E-state index in [1.54, 1.807) is 0 Å². The van der Waals surface area contributed by atoms with Crippen molar-refractivity contribution < 1.29 is 9.26 Å². The Hall–Kier alpha value is -3.21. The molecule has 26 heavy (non-hydrogen) atoms. The maximum absolute atomic E-state index is 5.75. The van der Waals surface area contributed by atoms with E-state index in [0.717, 1.165) is 27.6 Å². The summed E-state index contributed by atoms with van der Waals surface area (Å²) in [7, 11) is 0. The van der Waals surface area contributed by atoms with Gasteiger partial charge >= 0.3 is 0 Å². The predicted molar refractivity (Wildman–Crippen MR) is 101 cm³/mol. The maximum atomic E-state index is 5.75. The molecule has 0 saturated heterocycles. The number of hydrogen-bond acceptors (Lipinski definition) is 5. The second kappa shape index (κ2) is 6.59. The van der Waals surface area contributed by atoms with E-state index in [2.05, 4.69) is 10.1 Å². The van der Waals surface area contributed by atoms with Crippen LogP contribution in [0.3, 0.4) is 0 Å². The first-order chi connectivity index (χ1) is 12.7. The lowest BCUT2D eigenvalue weighted by atomic mass is 10.1. The van der Waals surface area contributed by atoms with Gasteiger partial charge in [-0.05, 0) is 44.5 Å². The average Bonchev–Trinajstić information content (AvgIpc) is 3.13. The van der Waals surface area contributed by atoms with Crippen LogP contribution in [0.25, 0.3) is 33.7 Å². The first-order valence-electron chi connectivity index (χ1n) is 8.60. The molecule has 0 aliphatic rings. The molecule has 0 atom stereocenters. The molecule has 0 amide bonds. The fourth-order valence-electron chi connectivity index (χ4n) is 2.88. The van der Waals surface area contributed by atoms with Gasteiger partial charge in [0.05, 0.1) is 17.7 Å². The van der Waals surface area contributed by atoms with Crippen molar-refractivity contribution >= 4 is 10.9 Å². The summed E-state index contributed by atoms with van der Waals surface area (Å²) in [6.45, 7) is 6.52. The third-order valence-corrected chi connectivity index (χ3v) is 4.26. The van der Waals surface area contributed by atoms with E-state index in [-0.39, 0.29) is 0 Å². The van der Waals surface area contributed by atoms with Crippen molar-refractivity contribution in [1.82, 2.24) is 15.1 Å². The standard InChI is InChI=1S/C21H19N3O2/c1-4-25-21-17(12-16-7-5-6-14(3)18(16)22-21)19-23-20(26-24-19)15-10-8-13(2)9-11-15/h5-12H,4H2,1-3H3. The van der Waals surface area contributed by atoms with Crippen LogP contribution >= 0.6 is 0 Å². The maximum Gasteiger partial charge on any atom is 0.258 e. The summed E-state index contributed by atoms with van der Waals surface area (Å²) in [5.41, 5.74) is 4.82. The van der Waals surface area contributed by atoms with Crippen molar-refractivity contribution in [3.8, 4) is 28.7 Å². The average molecular weight is 345 g/mol. The van der Waals surface area contributed by atoms with E-state index in [1.165, 1.54) is 5.56 Å². The highest BCUT2D eigenvalue weighted by Gasteiger charge is 2.17. The fourth-order valence-corrected chi connectivity index (χ4v) is 2.88. The normalized spacial score (nSPS) is 11.0. The van der Waals surface area contributed by atoms with Gasteiger partial charge in [-0.25, -0.2) is 4.98 Å². The predicted octanol–water partition coefficient (Wildman–Crippen LogP) is 4.97. The van der Waals surface area contributed by atoms with Crippen molar-refractivity contribution in [3.05, 3.63) is 59.7 Å². The second-order valence-electron chi connectivity index (χ2n) is 6.21. The smallest absolute Gasteiger partial charge is 0.258 e. The Labute approximate surface area is 151 Å². The van der Waals surface area contributed by atoms with Crippen molar-refractivity contribution in [1.29, 1.82) is 0 Å². The summed E-state index contributed by atoms with van der Waals surface area (Å²) in [6, 6.07) is 16.1. The number of aryl methyl sites for hydroxylation is 2. The molecule has 5 heteroatoms. The Morgan fingerprint density at radius 2 is 1.81 bits per heavy atom. The molecule has 5 nitrogen and oxygen atoms in total. The number of rotatable bonds is 4. The molecule has 0 N–H and O–H groups in total. The number of nitrogens with zero attached hydrogens (tertiary/aromatic N) is 3. The van der Waals surface area contributed by atoms with E-state index in [4.69, 9.17) is 14.2 Å². The fraction of sp³-hybridized carbons (Fsp3) is 0.190. The van der Waals surface area contributed by atoms with Gasteiger partial charge in [0.15, 0.2) is 0 Å². The molecule has 4 rings (SSSR count). The Balaban J connectivity index is 1.83. The molecule has 0 spiro atoms. The van der Waals surface area contributed by atoms with E-state index in [9.17, 15) is 0 Å². The molecule has 0 unspecified atom stereocenters. The number of fused-ring (bicyclic) bond motifs is 1. The Morgan fingerprint density at radius 3 is 2.58 bits per heavy atom. The summed E-state index contributed by atoms with van der Waals surface area (Å²) in [6.07, 6.45) is 0. The van der Waals surface area contributed by atoms with Crippen molar-refractivity contribution in [2.75, 3.05) is 6.61 Å². The molecule has 4 aromatic rings. The zero-order valence-electron chi connectivity index (χ0n) is 15.0. The molecule has 2 heterocycles. The molecule has 130 valence electrons. The molecule has 2 aromatic carbocycles. The first kappa shape index (κ1) is 16.3. The summed E-state index contributed by atoms with van der Waals surface area (Å²) in [4.78, 5) is 9.25. The lowest BCUT2D eigenvalue weighted by molar-refractivity contribution is 0.329. The first-order valence-corrected chi connectivity index (χ1v) is 8.60. The summed E-state index contributed by atoms with van der Waals surface area (Å²) < 4.78 is 11.2. The number of pyridine rings is 1. The number of aromatic nitrogens is 3. The minimum Gasteiger partial charge on any atom is -0.477 e. The van der Waals surface area contributed by atoms with Crippen molar-refractivity contribution in [2.45, 2.75) is 20.8 Å².